The first kappa shape index (κ1) is 18.9. The summed E-state index contributed by atoms with van der Waals surface area (Å²) in [4.78, 5) is 26.8. The number of halogens is 2. The van der Waals surface area contributed by atoms with Crippen LogP contribution in [0, 0.1) is 0 Å². The van der Waals surface area contributed by atoms with Gasteiger partial charge in [0.2, 0.25) is 5.78 Å². The Hall–Kier alpha value is -1.14. The number of pyridine rings is 1. The number of carbonyl (C=O) groups is 2. The Morgan fingerprint density at radius 3 is 2.82 bits per heavy atom. The lowest BCUT2D eigenvalue weighted by molar-refractivity contribution is -0.360. The highest BCUT2D eigenvalue weighted by Gasteiger charge is 2.46. The lowest BCUT2D eigenvalue weighted by Crippen LogP contribution is -3.00. The van der Waals surface area contributed by atoms with E-state index in [0.717, 1.165) is 12.8 Å². The van der Waals surface area contributed by atoms with E-state index >= 15 is 0 Å². The number of nitrogens with one attached hydrogen (secondary N) is 2. The van der Waals surface area contributed by atoms with Gasteiger partial charge in [0.1, 0.15) is 12.7 Å². The molecule has 0 spiro atoms. The molecule has 2 rings (SSSR count). The second-order valence-corrected chi connectivity index (χ2v) is 5.71. The molecular formula is C15H20BrClN2O3. The summed E-state index contributed by atoms with van der Waals surface area (Å²) in [5.74, 6) is 0.338. The first-order chi connectivity index (χ1) is 10.1. The zero-order chi connectivity index (χ0) is 15.3. The van der Waals surface area contributed by atoms with Gasteiger partial charge in [0.15, 0.2) is 5.60 Å². The Morgan fingerprint density at radius 2 is 2.27 bits per heavy atom. The number of unbranched alkanes of at least 4 members (excludes halogenated alkanes) is 1. The number of ketones is 1. The maximum Gasteiger partial charge on any atom is 0.306 e. The number of carbonyl (C=O) groups excluding carboxylic acids is 2. The van der Waals surface area contributed by atoms with Crippen molar-refractivity contribution >= 4 is 29.2 Å². The number of aromatic nitrogens is 1. The Bertz CT molecular complexity index is 524. The average Bonchev–Trinajstić information content (AvgIpc) is 2.87. The molecule has 1 aromatic heterocycles. The fourth-order valence-corrected chi connectivity index (χ4v) is 2.57. The number of anilines is 1. The second kappa shape index (κ2) is 8.48. The number of cyclic esters (lactones) is 1. The van der Waals surface area contributed by atoms with Crippen LogP contribution >= 0.6 is 11.6 Å². The van der Waals surface area contributed by atoms with E-state index in [4.69, 9.17) is 16.3 Å². The maximum atomic E-state index is 12.5. The summed E-state index contributed by atoms with van der Waals surface area (Å²) in [6, 6.07) is 3.49. The van der Waals surface area contributed by atoms with Gasteiger partial charge >= 0.3 is 5.97 Å². The number of H-pyrrole nitrogens is 1. The molecule has 0 saturated carbocycles. The van der Waals surface area contributed by atoms with Crippen molar-refractivity contribution in [3.8, 4) is 0 Å². The lowest BCUT2D eigenvalue weighted by atomic mass is 9.89. The second-order valence-electron chi connectivity index (χ2n) is 5.27. The van der Waals surface area contributed by atoms with E-state index in [-0.39, 0.29) is 35.3 Å². The summed E-state index contributed by atoms with van der Waals surface area (Å²) < 4.78 is 5.36. The third-order valence-electron chi connectivity index (χ3n) is 3.70. The SMILES string of the molecule is CCCCC1(C(=O)CNc2ccc(Cl)c[nH+]2)CCC(=O)O1.[Br-]. The number of esters is 1. The van der Waals surface area contributed by atoms with Gasteiger partial charge in [-0.05, 0) is 18.9 Å². The topological polar surface area (TPSA) is 69.5 Å². The first-order valence-corrected chi connectivity index (χ1v) is 7.60. The molecular weight excluding hydrogens is 372 g/mol. The van der Waals surface area contributed by atoms with Crippen LogP contribution in [0.3, 0.4) is 0 Å². The van der Waals surface area contributed by atoms with Gasteiger partial charge in [-0.1, -0.05) is 24.9 Å². The molecule has 1 aliphatic heterocycles. The number of rotatable bonds is 7. The van der Waals surface area contributed by atoms with Gasteiger partial charge in [0.05, 0.1) is 5.02 Å². The van der Waals surface area contributed by atoms with Crippen LogP contribution in [-0.2, 0) is 14.3 Å². The van der Waals surface area contributed by atoms with Crippen molar-refractivity contribution in [1.29, 1.82) is 0 Å². The molecule has 1 fully saturated rings. The third kappa shape index (κ3) is 4.68. The fraction of sp³-hybridized carbons (Fsp3) is 0.533. The Kier molecular flexibility index (Phi) is 7.29. The monoisotopic (exact) mass is 390 g/mol. The Morgan fingerprint density at radius 1 is 1.50 bits per heavy atom. The summed E-state index contributed by atoms with van der Waals surface area (Å²) in [5.41, 5.74) is -0.938. The Balaban J connectivity index is 0.00000242. The highest BCUT2D eigenvalue weighted by molar-refractivity contribution is 6.30. The van der Waals surface area contributed by atoms with Gasteiger partial charge in [0.25, 0.3) is 5.82 Å². The lowest BCUT2D eigenvalue weighted by Gasteiger charge is -2.25. The predicted octanol–water partition coefficient (Wildman–Crippen LogP) is -0.595. The normalized spacial score (nSPS) is 20.2. The van der Waals surface area contributed by atoms with Crippen molar-refractivity contribution in [2.24, 2.45) is 0 Å². The van der Waals surface area contributed by atoms with E-state index in [1.165, 1.54) is 0 Å². The molecule has 0 aliphatic carbocycles. The van der Waals surface area contributed by atoms with Gasteiger partial charge in [-0.2, -0.15) is 0 Å². The summed E-state index contributed by atoms with van der Waals surface area (Å²) in [7, 11) is 0. The van der Waals surface area contributed by atoms with E-state index in [1.54, 1.807) is 18.3 Å². The molecule has 0 aromatic carbocycles. The summed E-state index contributed by atoms with van der Waals surface area (Å²) in [6.45, 7) is 2.17. The molecule has 2 N–H and O–H groups in total. The van der Waals surface area contributed by atoms with Crippen LogP contribution < -0.4 is 27.3 Å². The molecule has 1 atom stereocenters. The molecule has 1 unspecified atom stereocenters. The smallest absolute Gasteiger partial charge is 0.306 e. The summed E-state index contributed by atoms with van der Waals surface area (Å²) in [6.07, 6.45) is 4.87. The van der Waals surface area contributed by atoms with Crippen LogP contribution in [-0.4, -0.2) is 23.9 Å². The number of ether oxygens (including phenoxy) is 1. The quantitative estimate of drug-likeness (QED) is 0.631. The zero-order valence-electron chi connectivity index (χ0n) is 12.5. The third-order valence-corrected chi connectivity index (χ3v) is 3.93. The molecule has 0 bridgehead atoms. The Labute approximate surface area is 145 Å². The number of hydrogen-bond donors (Lipinski definition) is 1. The van der Waals surface area contributed by atoms with Crippen molar-refractivity contribution in [3.63, 3.8) is 0 Å². The molecule has 122 valence electrons. The number of aromatic amines is 1. The zero-order valence-corrected chi connectivity index (χ0v) is 14.8. The van der Waals surface area contributed by atoms with Gasteiger partial charge in [-0.25, -0.2) is 4.98 Å². The molecule has 1 aromatic rings. The molecule has 1 saturated heterocycles. The molecule has 5 nitrogen and oxygen atoms in total. The summed E-state index contributed by atoms with van der Waals surface area (Å²) in [5, 5.41) is 3.60. The fourth-order valence-electron chi connectivity index (χ4n) is 2.45. The van der Waals surface area contributed by atoms with E-state index in [1.807, 2.05) is 0 Å². The van der Waals surface area contributed by atoms with Gasteiger partial charge < -0.3 is 21.7 Å². The van der Waals surface area contributed by atoms with Crippen LogP contribution in [0.4, 0.5) is 5.82 Å². The minimum atomic E-state index is -0.938. The molecule has 0 radical (unpaired) electrons. The first-order valence-electron chi connectivity index (χ1n) is 7.22. The van der Waals surface area contributed by atoms with Crippen molar-refractivity contribution in [2.75, 3.05) is 11.9 Å². The predicted molar refractivity (Wildman–Crippen MR) is 79.1 cm³/mol. The van der Waals surface area contributed by atoms with Crippen LogP contribution in [0.25, 0.3) is 0 Å². The van der Waals surface area contributed by atoms with Crippen molar-refractivity contribution in [1.82, 2.24) is 0 Å². The van der Waals surface area contributed by atoms with Crippen LogP contribution in [0.2, 0.25) is 5.02 Å². The van der Waals surface area contributed by atoms with Crippen molar-refractivity contribution in [2.45, 2.75) is 44.6 Å². The minimum Gasteiger partial charge on any atom is -1.00 e. The molecule has 22 heavy (non-hydrogen) atoms. The van der Waals surface area contributed by atoms with Crippen LogP contribution in [0.15, 0.2) is 18.3 Å². The summed E-state index contributed by atoms with van der Waals surface area (Å²) >= 11 is 5.79. The average molecular weight is 392 g/mol. The minimum absolute atomic E-state index is 0. The van der Waals surface area contributed by atoms with E-state index in [0.29, 0.717) is 30.1 Å². The molecule has 0 amide bonds. The van der Waals surface area contributed by atoms with Gasteiger partial charge in [-0.3, -0.25) is 14.9 Å². The van der Waals surface area contributed by atoms with Crippen LogP contribution in [0.5, 0.6) is 0 Å². The van der Waals surface area contributed by atoms with E-state index < -0.39 is 5.60 Å². The van der Waals surface area contributed by atoms with Crippen LogP contribution in [0.1, 0.15) is 39.0 Å². The molecule has 1 aliphatic rings. The largest absolute Gasteiger partial charge is 1.00 e. The highest BCUT2D eigenvalue weighted by atomic mass is 79.9. The molecule has 7 heteroatoms. The number of Topliss-reactive ketones (excluding diaryl/α,β-unsaturated/α-hetero) is 1. The van der Waals surface area contributed by atoms with Crippen molar-refractivity contribution in [3.05, 3.63) is 23.4 Å². The van der Waals surface area contributed by atoms with Crippen molar-refractivity contribution < 1.29 is 36.3 Å². The standard InChI is InChI=1S/C15H19ClN2O3.BrH/c1-2-3-7-15(8-6-14(20)21-15)12(19)10-18-13-5-4-11(16)9-17-13;/h4-5,9H,2-3,6-8,10H2,1H3,(H,17,18);1H. The van der Waals surface area contributed by atoms with Gasteiger partial charge in [-0.15, -0.1) is 0 Å². The maximum absolute atomic E-state index is 12.5. The van der Waals surface area contributed by atoms with E-state index in [9.17, 15) is 9.59 Å². The molecule has 2 heterocycles. The van der Waals surface area contributed by atoms with E-state index in [2.05, 4.69) is 17.2 Å². The number of hydrogen-bond acceptors (Lipinski definition) is 4. The highest BCUT2D eigenvalue weighted by Crippen LogP contribution is 2.32. The van der Waals surface area contributed by atoms with Gasteiger partial charge in [0, 0.05) is 18.9 Å².